The zero-order valence-electron chi connectivity index (χ0n) is 13.4. The van der Waals surface area contributed by atoms with Gasteiger partial charge in [0, 0.05) is 6.07 Å². The lowest BCUT2D eigenvalue weighted by Crippen LogP contribution is -2.24. The van der Waals surface area contributed by atoms with Crippen molar-refractivity contribution >= 4 is 49.7 Å². The number of nitrogens with one attached hydrogen (secondary N) is 1. The summed E-state index contributed by atoms with van der Waals surface area (Å²) >= 11 is 6.74. The summed E-state index contributed by atoms with van der Waals surface area (Å²) in [6.07, 6.45) is 1.44. The average Bonchev–Trinajstić information content (AvgIpc) is 2.60. The number of hydrogen-bond donors (Lipinski definition) is 1. The largest absolute Gasteiger partial charge is 0.494 e. The van der Waals surface area contributed by atoms with Crippen LogP contribution in [0.1, 0.15) is 5.56 Å². The van der Waals surface area contributed by atoms with Crippen molar-refractivity contribution in [1.29, 1.82) is 0 Å². The molecule has 10 heteroatoms. The highest BCUT2D eigenvalue weighted by molar-refractivity contribution is 9.11. The first kappa shape index (κ1) is 19.9. The number of nitro groups is 1. The van der Waals surface area contributed by atoms with E-state index in [0.717, 1.165) is 8.95 Å². The van der Waals surface area contributed by atoms with E-state index in [4.69, 9.17) is 9.47 Å². The third-order valence-electron chi connectivity index (χ3n) is 3.05. The Labute approximate surface area is 165 Å². The molecule has 136 valence electrons. The molecule has 0 atom stereocenters. The normalized spacial score (nSPS) is 10.6. The van der Waals surface area contributed by atoms with Crippen LogP contribution in [0, 0.1) is 10.1 Å². The SMILES string of the molecule is COc1c(Br)cc(/C=N\NC(=O)COc2ccccc2[N+](=O)[O-])cc1Br. The van der Waals surface area contributed by atoms with E-state index in [1.807, 2.05) is 0 Å². The zero-order valence-corrected chi connectivity index (χ0v) is 16.6. The third-order valence-corrected chi connectivity index (χ3v) is 4.23. The van der Waals surface area contributed by atoms with Gasteiger partial charge in [-0.3, -0.25) is 14.9 Å². The summed E-state index contributed by atoms with van der Waals surface area (Å²) in [5.74, 6) is 0.106. The highest BCUT2D eigenvalue weighted by atomic mass is 79.9. The van der Waals surface area contributed by atoms with Crippen molar-refractivity contribution in [2.75, 3.05) is 13.7 Å². The number of ether oxygens (including phenoxy) is 2. The Bertz CT molecular complexity index is 835. The highest BCUT2D eigenvalue weighted by Crippen LogP contribution is 2.33. The first-order valence-corrected chi connectivity index (χ1v) is 8.72. The Morgan fingerprint density at radius 2 is 1.96 bits per heavy atom. The number of para-hydroxylation sites is 2. The van der Waals surface area contributed by atoms with E-state index in [2.05, 4.69) is 42.4 Å². The second-order valence-corrected chi connectivity index (χ2v) is 6.53. The quantitative estimate of drug-likeness (QED) is 0.365. The maximum absolute atomic E-state index is 11.8. The van der Waals surface area contributed by atoms with Gasteiger partial charge in [-0.2, -0.15) is 5.10 Å². The van der Waals surface area contributed by atoms with E-state index in [1.165, 1.54) is 24.4 Å². The molecule has 0 heterocycles. The molecule has 0 saturated carbocycles. The molecule has 0 aromatic heterocycles. The lowest BCUT2D eigenvalue weighted by molar-refractivity contribution is -0.385. The van der Waals surface area contributed by atoms with Crippen molar-refractivity contribution in [3.8, 4) is 11.5 Å². The van der Waals surface area contributed by atoms with Gasteiger partial charge in [-0.1, -0.05) is 12.1 Å². The van der Waals surface area contributed by atoms with Crippen LogP contribution in [0.3, 0.4) is 0 Å². The molecule has 8 nitrogen and oxygen atoms in total. The molecule has 0 aliphatic carbocycles. The number of methoxy groups -OCH3 is 1. The van der Waals surface area contributed by atoms with Crippen LogP contribution in [0.5, 0.6) is 11.5 Å². The summed E-state index contributed by atoms with van der Waals surface area (Å²) in [4.78, 5) is 22.1. The van der Waals surface area contributed by atoms with Crippen LogP contribution in [0.15, 0.2) is 50.4 Å². The number of hydrogen-bond acceptors (Lipinski definition) is 6. The van der Waals surface area contributed by atoms with Gasteiger partial charge in [0.05, 0.1) is 27.2 Å². The molecule has 1 N–H and O–H groups in total. The van der Waals surface area contributed by atoms with Crippen LogP contribution in [0.2, 0.25) is 0 Å². The maximum Gasteiger partial charge on any atom is 0.310 e. The fourth-order valence-electron chi connectivity index (χ4n) is 1.93. The van der Waals surface area contributed by atoms with Crippen LogP contribution >= 0.6 is 31.9 Å². The molecule has 0 spiro atoms. The number of amides is 1. The molecular formula is C16H13Br2N3O5. The highest BCUT2D eigenvalue weighted by Gasteiger charge is 2.14. The smallest absolute Gasteiger partial charge is 0.310 e. The number of rotatable bonds is 7. The van der Waals surface area contributed by atoms with Crippen LogP contribution in [0.25, 0.3) is 0 Å². The lowest BCUT2D eigenvalue weighted by atomic mass is 10.2. The van der Waals surface area contributed by atoms with Gasteiger partial charge in [0.15, 0.2) is 12.4 Å². The van der Waals surface area contributed by atoms with E-state index in [0.29, 0.717) is 11.3 Å². The Morgan fingerprint density at radius 3 is 2.58 bits per heavy atom. The Hall–Kier alpha value is -2.46. The molecule has 0 radical (unpaired) electrons. The van der Waals surface area contributed by atoms with Crippen molar-refractivity contribution in [2.45, 2.75) is 0 Å². The van der Waals surface area contributed by atoms with Gasteiger partial charge >= 0.3 is 5.69 Å². The fourth-order valence-corrected chi connectivity index (χ4v) is 3.48. The predicted octanol–water partition coefficient (Wildman–Crippen LogP) is 3.66. The number of benzene rings is 2. The van der Waals surface area contributed by atoms with Crippen molar-refractivity contribution < 1.29 is 19.2 Å². The molecule has 0 saturated heterocycles. The number of halogens is 2. The maximum atomic E-state index is 11.8. The first-order chi connectivity index (χ1) is 12.4. The number of hydrazone groups is 1. The van der Waals surface area contributed by atoms with Gasteiger partial charge in [0.2, 0.25) is 0 Å². The van der Waals surface area contributed by atoms with Gasteiger partial charge in [-0.05, 0) is 55.6 Å². The molecule has 0 unspecified atom stereocenters. The minimum absolute atomic E-state index is 0.0136. The molecule has 2 aromatic rings. The van der Waals surface area contributed by atoms with Gasteiger partial charge in [-0.25, -0.2) is 5.43 Å². The Kier molecular flexibility index (Phi) is 7.10. The van der Waals surface area contributed by atoms with Gasteiger partial charge < -0.3 is 9.47 Å². The zero-order chi connectivity index (χ0) is 19.1. The Morgan fingerprint density at radius 1 is 1.31 bits per heavy atom. The molecule has 0 bridgehead atoms. The summed E-state index contributed by atoms with van der Waals surface area (Å²) < 4.78 is 11.8. The van der Waals surface area contributed by atoms with Gasteiger partial charge in [0.1, 0.15) is 5.75 Å². The minimum Gasteiger partial charge on any atom is -0.494 e. The topological polar surface area (TPSA) is 103 Å². The molecule has 26 heavy (non-hydrogen) atoms. The number of carbonyl (C=O) groups excluding carboxylic acids is 1. The third kappa shape index (κ3) is 5.27. The van der Waals surface area contributed by atoms with Crippen LogP contribution in [-0.4, -0.2) is 30.8 Å². The second-order valence-electron chi connectivity index (χ2n) is 4.82. The van der Waals surface area contributed by atoms with Crippen LogP contribution in [-0.2, 0) is 4.79 Å². The molecule has 2 rings (SSSR count). The summed E-state index contributed by atoms with van der Waals surface area (Å²) in [7, 11) is 1.55. The number of nitrogens with zero attached hydrogens (tertiary/aromatic N) is 2. The molecule has 1 amide bonds. The molecule has 2 aromatic carbocycles. The second kappa shape index (κ2) is 9.30. The van der Waals surface area contributed by atoms with Crippen LogP contribution < -0.4 is 14.9 Å². The molecule has 0 aliphatic heterocycles. The first-order valence-electron chi connectivity index (χ1n) is 7.13. The minimum atomic E-state index is -0.579. The predicted molar refractivity (Wildman–Crippen MR) is 103 cm³/mol. The molecule has 0 fully saturated rings. The standard InChI is InChI=1S/C16H13Br2N3O5/c1-25-16-11(17)6-10(7-12(16)18)8-19-20-15(22)9-26-14-5-3-2-4-13(14)21(23)24/h2-8H,9H2,1H3,(H,20,22)/b19-8-. The van der Waals surface area contributed by atoms with E-state index in [1.54, 1.807) is 25.3 Å². The van der Waals surface area contributed by atoms with E-state index in [-0.39, 0.29) is 11.4 Å². The van der Waals surface area contributed by atoms with Gasteiger partial charge in [0.25, 0.3) is 5.91 Å². The Balaban J connectivity index is 1.93. The number of carbonyl (C=O) groups is 1. The lowest BCUT2D eigenvalue weighted by Gasteiger charge is -2.07. The van der Waals surface area contributed by atoms with E-state index in [9.17, 15) is 14.9 Å². The van der Waals surface area contributed by atoms with E-state index >= 15 is 0 Å². The molecular weight excluding hydrogens is 474 g/mol. The summed E-state index contributed by atoms with van der Waals surface area (Å²) in [6, 6.07) is 9.34. The van der Waals surface area contributed by atoms with E-state index < -0.39 is 17.4 Å². The van der Waals surface area contributed by atoms with Crippen molar-refractivity contribution in [3.05, 3.63) is 61.0 Å². The average molecular weight is 487 g/mol. The number of nitro benzene ring substituents is 1. The fraction of sp³-hybridized carbons (Fsp3) is 0.125. The van der Waals surface area contributed by atoms with Crippen molar-refractivity contribution in [2.24, 2.45) is 5.10 Å². The van der Waals surface area contributed by atoms with Crippen molar-refractivity contribution in [1.82, 2.24) is 5.43 Å². The molecule has 0 aliphatic rings. The monoisotopic (exact) mass is 485 g/mol. The van der Waals surface area contributed by atoms with Crippen LogP contribution in [0.4, 0.5) is 5.69 Å². The van der Waals surface area contributed by atoms with Crippen molar-refractivity contribution in [3.63, 3.8) is 0 Å². The van der Waals surface area contributed by atoms with Gasteiger partial charge in [-0.15, -0.1) is 0 Å². The summed E-state index contributed by atoms with van der Waals surface area (Å²) in [6.45, 7) is -0.405. The summed E-state index contributed by atoms with van der Waals surface area (Å²) in [5, 5.41) is 14.7. The summed E-state index contributed by atoms with van der Waals surface area (Å²) in [5.41, 5.74) is 2.79.